The van der Waals surface area contributed by atoms with Gasteiger partial charge in [-0.2, -0.15) is 0 Å². The second kappa shape index (κ2) is 12.5. The molecule has 2 aromatic carbocycles. The van der Waals surface area contributed by atoms with Gasteiger partial charge < -0.3 is 15.1 Å². The van der Waals surface area contributed by atoms with Gasteiger partial charge >= 0.3 is 0 Å². The molecule has 10 heteroatoms. The van der Waals surface area contributed by atoms with Crippen molar-refractivity contribution >= 4 is 52.4 Å². The first kappa shape index (κ1) is 26.3. The predicted octanol–water partition coefficient (Wildman–Crippen LogP) is 5.73. The third kappa shape index (κ3) is 6.75. The van der Waals surface area contributed by atoms with E-state index >= 15 is 0 Å². The number of hydrogen-bond acceptors (Lipinski definition) is 7. The van der Waals surface area contributed by atoms with Crippen LogP contribution >= 0.6 is 35.0 Å². The van der Waals surface area contributed by atoms with Crippen LogP contribution in [0.15, 0.2) is 84.1 Å². The number of anilines is 2. The van der Waals surface area contributed by atoms with Crippen molar-refractivity contribution in [3.8, 4) is 0 Å². The number of piperazine rings is 1. The smallest absolute Gasteiger partial charge is 0.251 e. The Balaban J connectivity index is 1.19. The van der Waals surface area contributed by atoms with E-state index in [1.807, 2.05) is 66.7 Å². The molecule has 0 unspecified atom stereocenters. The maximum absolute atomic E-state index is 12.6. The summed E-state index contributed by atoms with van der Waals surface area (Å²) in [5.74, 6) is 1.29. The molecule has 1 saturated heterocycles. The zero-order valence-electron chi connectivity index (χ0n) is 20.6. The third-order valence-electron chi connectivity index (χ3n) is 6.17. The Kier molecular flexibility index (Phi) is 8.63. The Morgan fingerprint density at radius 2 is 1.68 bits per heavy atom. The fraction of sp³-hybridized carbons (Fsp3) is 0.214. The van der Waals surface area contributed by atoms with Crippen LogP contribution in [-0.2, 0) is 12.3 Å². The van der Waals surface area contributed by atoms with Gasteiger partial charge in [0.05, 0.1) is 22.9 Å². The van der Waals surface area contributed by atoms with Crippen LogP contribution in [0.2, 0.25) is 10.2 Å². The third-order valence-corrected chi connectivity index (χ3v) is 7.60. The number of carbonyl (C=O) groups is 1. The van der Waals surface area contributed by atoms with Gasteiger partial charge in [0.2, 0.25) is 0 Å². The lowest BCUT2D eigenvalue weighted by atomic mass is 10.1. The Morgan fingerprint density at radius 1 is 0.895 bits per heavy atom. The van der Waals surface area contributed by atoms with Crippen LogP contribution < -0.4 is 15.1 Å². The summed E-state index contributed by atoms with van der Waals surface area (Å²) >= 11 is 14.2. The number of benzene rings is 2. The second-order valence-corrected chi connectivity index (χ2v) is 10.5. The summed E-state index contributed by atoms with van der Waals surface area (Å²) in [4.78, 5) is 30.6. The highest BCUT2D eigenvalue weighted by Gasteiger charge is 2.21. The molecule has 1 amide bonds. The molecule has 1 aliphatic rings. The van der Waals surface area contributed by atoms with Gasteiger partial charge in [-0.05, 0) is 42.0 Å². The standard InChI is InChI=1S/C28H26Cl2N6OS/c29-23-9-1-2-10-24(23)35-12-14-36(15-13-35)26-17-25(30)33-28(34-26)38-19-20-6-5-7-21(16-20)27(37)32-18-22-8-3-4-11-31-22/h1-11,16-17H,12-15,18-19H2,(H,32,37). The molecule has 0 atom stereocenters. The lowest BCUT2D eigenvalue weighted by Crippen LogP contribution is -2.47. The molecule has 0 spiro atoms. The molecule has 1 N–H and O–H groups in total. The average molecular weight is 566 g/mol. The quantitative estimate of drug-likeness (QED) is 0.166. The van der Waals surface area contributed by atoms with Crippen LogP contribution in [0.5, 0.6) is 0 Å². The second-order valence-electron chi connectivity index (χ2n) is 8.75. The first-order valence-electron chi connectivity index (χ1n) is 12.2. The van der Waals surface area contributed by atoms with E-state index in [1.165, 1.54) is 11.8 Å². The molecule has 4 aromatic rings. The van der Waals surface area contributed by atoms with Gasteiger partial charge in [0.1, 0.15) is 11.0 Å². The molecule has 38 heavy (non-hydrogen) atoms. The normalized spacial score (nSPS) is 13.4. The first-order chi connectivity index (χ1) is 18.5. The molecule has 0 radical (unpaired) electrons. The number of pyridine rings is 1. The molecule has 1 fully saturated rings. The van der Waals surface area contributed by atoms with Crippen molar-refractivity contribution < 1.29 is 4.79 Å². The minimum Gasteiger partial charge on any atom is -0.367 e. The number of carbonyl (C=O) groups excluding carboxylic acids is 1. The predicted molar refractivity (Wildman–Crippen MR) is 154 cm³/mol. The Hall–Kier alpha value is -3.33. The molecular formula is C28H26Cl2N6OS. The van der Waals surface area contributed by atoms with Crippen LogP contribution in [0.4, 0.5) is 11.5 Å². The molecule has 0 saturated carbocycles. The van der Waals surface area contributed by atoms with Crippen molar-refractivity contribution in [2.24, 2.45) is 0 Å². The molecule has 1 aliphatic heterocycles. The number of aromatic nitrogens is 3. The summed E-state index contributed by atoms with van der Waals surface area (Å²) in [5, 5.41) is 4.69. The van der Waals surface area contributed by atoms with Gasteiger partial charge in [0, 0.05) is 49.8 Å². The van der Waals surface area contributed by atoms with Crippen LogP contribution in [0.25, 0.3) is 0 Å². The number of para-hydroxylation sites is 1. The lowest BCUT2D eigenvalue weighted by molar-refractivity contribution is 0.0950. The van der Waals surface area contributed by atoms with Gasteiger partial charge in [0.15, 0.2) is 5.16 Å². The van der Waals surface area contributed by atoms with Gasteiger partial charge in [-0.25, -0.2) is 9.97 Å². The highest BCUT2D eigenvalue weighted by atomic mass is 35.5. The van der Waals surface area contributed by atoms with Crippen molar-refractivity contribution in [3.63, 3.8) is 0 Å². The van der Waals surface area contributed by atoms with Crippen molar-refractivity contribution in [2.75, 3.05) is 36.0 Å². The highest BCUT2D eigenvalue weighted by Crippen LogP contribution is 2.29. The van der Waals surface area contributed by atoms with Crippen LogP contribution in [0, 0.1) is 0 Å². The van der Waals surface area contributed by atoms with Crippen LogP contribution in [0.1, 0.15) is 21.6 Å². The van der Waals surface area contributed by atoms with Crippen molar-refractivity contribution in [3.05, 3.63) is 106 Å². The molecule has 3 heterocycles. The Morgan fingerprint density at radius 3 is 2.47 bits per heavy atom. The zero-order chi connectivity index (χ0) is 26.3. The number of nitrogens with zero attached hydrogens (tertiary/aromatic N) is 5. The maximum atomic E-state index is 12.6. The number of halogens is 2. The van der Waals surface area contributed by atoms with E-state index < -0.39 is 0 Å². The fourth-order valence-electron chi connectivity index (χ4n) is 4.22. The largest absolute Gasteiger partial charge is 0.367 e. The highest BCUT2D eigenvalue weighted by molar-refractivity contribution is 7.98. The summed E-state index contributed by atoms with van der Waals surface area (Å²) in [6.07, 6.45) is 1.71. The number of hydrogen-bond donors (Lipinski definition) is 1. The molecule has 194 valence electrons. The Bertz CT molecular complexity index is 1400. The molecule has 0 bridgehead atoms. The van der Waals surface area contributed by atoms with Crippen molar-refractivity contribution in [2.45, 2.75) is 17.5 Å². The van der Waals surface area contributed by atoms with Crippen molar-refractivity contribution in [1.82, 2.24) is 20.3 Å². The maximum Gasteiger partial charge on any atom is 0.251 e. The van der Waals surface area contributed by atoms with Gasteiger partial charge in [-0.1, -0.05) is 65.3 Å². The van der Waals surface area contributed by atoms with Crippen molar-refractivity contribution in [1.29, 1.82) is 0 Å². The van der Waals surface area contributed by atoms with E-state index in [1.54, 1.807) is 12.3 Å². The minimum absolute atomic E-state index is 0.139. The van der Waals surface area contributed by atoms with Gasteiger partial charge in [-0.3, -0.25) is 9.78 Å². The lowest BCUT2D eigenvalue weighted by Gasteiger charge is -2.37. The minimum atomic E-state index is -0.139. The summed E-state index contributed by atoms with van der Waals surface area (Å²) < 4.78 is 0. The molecule has 7 nitrogen and oxygen atoms in total. The first-order valence-corrected chi connectivity index (χ1v) is 14.0. The SMILES string of the molecule is O=C(NCc1ccccn1)c1cccc(CSc2nc(Cl)cc(N3CCN(c4ccccc4Cl)CC3)n2)c1. The topological polar surface area (TPSA) is 74.2 Å². The number of rotatable bonds is 8. The van der Waals surface area contributed by atoms with E-state index in [-0.39, 0.29) is 5.91 Å². The summed E-state index contributed by atoms with van der Waals surface area (Å²) in [7, 11) is 0. The number of amides is 1. The van der Waals surface area contributed by atoms with E-state index in [2.05, 4.69) is 25.1 Å². The van der Waals surface area contributed by atoms with E-state index in [0.717, 1.165) is 54.0 Å². The molecule has 0 aliphatic carbocycles. The monoisotopic (exact) mass is 564 g/mol. The van der Waals surface area contributed by atoms with Gasteiger partial charge in [-0.15, -0.1) is 0 Å². The van der Waals surface area contributed by atoms with Gasteiger partial charge in [0.25, 0.3) is 5.91 Å². The van der Waals surface area contributed by atoms with E-state index in [4.69, 9.17) is 28.2 Å². The van der Waals surface area contributed by atoms with E-state index in [0.29, 0.717) is 28.2 Å². The zero-order valence-corrected chi connectivity index (χ0v) is 22.9. The summed E-state index contributed by atoms with van der Waals surface area (Å²) in [6.45, 7) is 3.66. The number of thioether (sulfide) groups is 1. The fourth-order valence-corrected chi connectivity index (χ4v) is 5.50. The Labute approximate surface area is 236 Å². The molecule has 5 rings (SSSR count). The van der Waals surface area contributed by atoms with Crippen LogP contribution in [-0.4, -0.2) is 47.0 Å². The number of nitrogens with one attached hydrogen (secondary N) is 1. The molecular weight excluding hydrogens is 539 g/mol. The summed E-state index contributed by atoms with van der Waals surface area (Å²) in [5.41, 5.74) is 3.47. The molecule has 2 aromatic heterocycles. The van der Waals surface area contributed by atoms with Crippen LogP contribution in [0.3, 0.4) is 0 Å². The summed E-state index contributed by atoms with van der Waals surface area (Å²) in [6, 6.07) is 22.9. The average Bonchev–Trinajstić information content (AvgIpc) is 2.96. The van der Waals surface area contributed by atoms with E-state index in [9.17, 15) is 4.79 Å².